The van der Waals surface area contributed by atoms with Crippen LogP contribution in [0.1, 0.15) is 12.8 Å². The third kappa shape index (κ3) is 3.46. The summed E-state index contributed by atoms with van der Waals surface area (Å²) in [5, 5.41) is 2.79. The van der Waals surface area contributed by atoms with E-state index in [2.05, 4.69) is 5.32 Å². The number of carbonyl (C=O) groups is 1. The van der Waals surface area contributed by atoms with Crippen LogP contribution in [0.25, 0.3) is 0 Å². The molecule has 1 aliphatic rings. The number of nitrogens with one attached hydrogen (secondary N) is 1. The van der Waals surface area contributed by atoms with E-state index in [1.54, 1.807) is 0 Å². The number of hydrogen-bond donors (Lipinski definition) is 2. The lowest BCUT2D eigenvalue weighted by atomic mass is 10.2. The summed E-state index contributed by atoms with van der Waals surface area (Å²) in [5.41, 5.74) is 5.37. The fraction of sp³-hybridized carbons (Fsp3) is 0.462. The first-order chi connectivity index (χ1) is 8.31. The zero-order valence-electron chi connectivity index (χ0n) is 9.76. The van der Waals surface area contributed by atoms with Gasteiger partial charge in [-0.3, -0.25) is 4.79 Å². The summed E-state index contributed by atoms with van der Waals surface area (Å²) in [5.74, 6) is 1.04. The number of amides is 1. The maximum absolute atomic E-state index is 11.9. The van der Waals surface area contributed by atoms with Crippen LogP contribution >= 0.6 is 0 Å². The average Bonchev–Trinajstić information content (AvgIpc) is 3.18. The molecule has 0 radical (unpaired) electrons. The van der Waals surface area contributed by atoms with Crippen LogP contribution in [0.4, 0.5) is 0 Å². The number of carbonyl (C=O) groups excluding carboxylic acids is 1. The number of hydrogen-bond acceptors (Lipinski definition) is 3. The Balaban J connectivity index is 1.95. The Morgan fingerprint density at radius 2 is 2.12 bits per heavy atom. The second kappa shape index (κ2) is 5.68. The molecule has 92 valence electrons. The smallest absolute Gasteiger partial charge is 0.261 e. The number of rotatable bonds is 6. The second-order valence-electron chi connectivity index (χ2n) is 4.27. The van der Waals surface area contributed by atoms with Crippen LogP contribution in [0.3, 0.4) is 0 Å². The van der Waals surface area contributed by atoms with Crippen molar-refractivity contribution in [1.82, 2.24) is 5.32 Å². The minimum absolute atomic E-state index is 0.0539. The summed E-state index contributed by atoms with van der Waals surface area (Å²) < 4.78 is 5.74. The molecule has 1 unspecified atom stereocenters. The van der Waals surface area contributed by atoms with Crippen LogP contribution in [-0.4, -0.2) is 25.1 Å². The summed E-state index contributed by atoms with van der Waals surface area (Å²) in [7, 11) is 0. The van der Waals surface area contributed by atoms with Crippen molar-refractivity contribution in [2.75, 3.05) is 13.1 Å². The zero-order valence-corrected chi connectivity index (χ0v) is 9.76. The first-order valence-electron chi connectivity index (χ1n) is 6.00. The molecule has 1 atom stereocenters. The monoisotopic (exact) mass is 234 g/mol. The van der Waals surface area contributed by atoms with Crippen LogP contribution in [-0.2, 0) is 4.79 Å². The van der Waals surface area contributed by atoms with Crippen LogP contribution < -0.4 is 15.8 Å². The fourth-order valence-electron chi connectivity index (χ4n) is 1.70. The van der Waals surface area contributed by atoms with Crippen LogP contribution in [0, 0.1) is 5.92 Å². The van der Waals surface area contributed by atoms with Crippen LogP contribution in [0.2, 0.25) is 0 Å². The van der Waals surface area contributed by atoms with Gasteiger partial charge in [-0.15, -0.1) is 0 Å². The van der Waals surface area contributed by atoms with Gasteiger partial charge in [0.25, 0.3) is 5.91 Å². The van der Waals surface area contributed by atoms with E-state index in [1.807, 2.05) is 30.3 Å². The van der Waals surface area contributed by atoms with Crippen molar-refractivity contribution in [3.63, 3.8) is 0 Å². The van der Waals surface area contributed by atoms with E-state index in [9.17, 15) is 4.79 Å². The topological polar surface area (TPSA) is 64.3 Å². The SMILES string of the molecule is NCCNC(=O)C(Oc1ccccc1)C1CC1. The first kappa shape index (κ1) is 11.9. The van der Waals surface area contributed by atoms with Crippen molar-refractivity contribution < 1.29 is 9.53 Å². The standard InChI is InChI=1S/C13H18N2O2/c14-8-9-15-13(16)12(10-6-7-10)17-11-4-2-1-3-5-11/h1-5,10,12H,6-9,14H2,(H,15,16). The van der Waals surface area contributed by atoms with E-state index in [1.165, 1.54) is 0 Å². The Morgan fingerprint density at radius 3 is 2.71 bits per heavy atom. The van der Waals surface area contributed by atoms with E-state index >= 15 is 0 Å². The molecular weight excluding hydrogens is 216 g/mol. The summed E-state index contributed by atoms with van der Waals surface area (Å²) in [6.07, 6.45) is 1.75. The minimum Gasteiger partial charge on any atom is -0.480 e. The Morgan fingerprint density at radius 1 is 1.41 bits per heavy atom. The highest BCUT2D eigenvalue weighted by Crippen LogP contribution is 2.35. The van der Waals surface area contributed by atoms with Gasteiger partial charge in [-0.05, 0) is 25.0 Å². The van der Waals surface area contributed by atoms with E-state index in [0.717, 1.165) is 18.6 Å². The van der Waals surface area contributed by atoms with E-state index in [0.29, 0.717) is 19.0 Å². The van der Waals surface area contributed by atoms with Crippen molar-refractivity contribution >= 4 is 5.91 Å². The molecule has 1 amide bonds. The fourth-order valence-corrected chi connectivity index (χ4v) is 1.70. The largest absolute Gasteiger partial charge is 0.480 e. The molecule has 1 aliphatic carbocycles. The van der Waals surface area contributed by atoms with Crippen molar-refractivity contribution in [1.29, 1.82) is 0 Å². The van der Waals surface area contributed by atoms with Gasteiger partial charge < -0.3 is 15.8 Å². The molecule has 0 saturated heterocycles. The lowest BCUT2D eigenvalue weighted by Gasteiger charge is -2.18. The molecule has 0 heterocycles. The third-order valence-electron chi connectivity index (χ3n) is 2.76. The molecule has 1 aromatic carbocycles. The number of ether oxygens (including phenoxy) is 1. The Labute approximate surface area is 101 Å². The molecule has 1 fully saturated rings. The van der Waals surface area contributed by atoms with Gasteiger partial charge >= 0.3 is 0 Å². The van der Waals surface area contributed by atoms with Gasteiger partial charge in [0, 0.05) is 19.0 Å². The molecular formula is C13H18N2O2. The average molecular weight is 234 g/mol. The number of benzene rings is 1. The molecule has 4 heteroatoms. The van der Waals surface area contributed by atoms with E-state index in [4.69, 9.17) is 10.5 Å². The van der Waals surface area contributed by atoms with E-state index < -0.39 is 0 Å². The van der Waals surface area contributed by atoms with Crippen molar-refractivity contribution in [3.8, 4) is 5.75 Å². The highest BCUT2D eigenvalue weighted by molar-refractivity contribution is 5.81. The molecule has 1 aromatic rings. The van der Waals surface area contributed by atoms with Crippen molar-refractivity contribution in [3.05, 3.63) is 30.3 Å². The Hall–Kier alpha value is -1.55. The Bertz CT molecular complexity index is 363. The summed E-state index contributed by atoms with van der Waals surface area (Å²) >= 11 is 0. The van der Waals surface area contributed by atoms with Gasteiger partial charge in [-0.1, -0.05) is 18.2 Å². The Kier molecular flexibility index (Phi) is 3.98. The first-order valence-corrected chi connectivity index (χ1v) is 6.00. The second-order valence-corrected chi connectivity index (χ2v) is 4.27. The van der Waals surface area contributed by atoms with Crippen molar-refractivity contribution in [2.45, 2.75) is 18.9 Å². The summed E-state index contributed by atoms with van der Waals surface area (Å²) in [4.78, 5) is 11.9. The van der Waals surface area contributed by atoms with Gasteiger partial charge in [0.15, 0.2) is 6.10 Å². The van der Waals surface area contributed by atoms with Crippen LogP contribution in [0.15, 0.2) is 30.3 Å². The summed E-state index contributed by atoms with van der Waals surface area (Å²) in [6, 6.07) is 9.46. The molecule has 0 spiro atoms. The molecule has 17 heavy (non-hydrogen) atoms. The van der Waals surface area contributed by atoms with Gasteiger partial charge in [0.05, 0.1) is 0 Å². The van der Waals surface area contributed by atoms with Gasteiger partial charge in [0.1, 0.15) is 5.75 Å². The zero-order chi connectivity index (χ0) is 12.1. The molecule has 2 rings (SSSR count). The summed E-state index contributed by atoms with van der Waals surface area (Å²) in [6.45, 7) is 0.953. The number of nitrogens with two attached hydrogens (primary N) is 1. The van der Waals surface area contributed by atoms with Gasteiger partial charge in [-0.25, -0.2) is 0 Å². The molecule has 0 aromatic heterocycles. The van der Waals surface area contributed by atoms with E-state index in [-0.39, 0.29) is 12.0 Å². The quantitative estimate of drug-likeness (QED) is 0.769. The third-order valence-corrected chi connectivity index (χ3v) is 2.76. The highest BCUT2D eigenvalue weighted by Gasteiger charge is 2.37. The molecule has 3 N–H and O–H groups in total. The lowest BCUT2D eigenvalue weighted by Crippen LogP contribution is -2.41. The van der Waals surface area contributed by atoms with Crippen molar-refractivity contribution in [2.24, 2.45) is 11.7 Å². The predicted octanol–water partition coefficient (Wildman–Crippen LogP) is 0.919. The number of para-hydroxylation sites is 1. The molecule has 0 aliphatic heterocycles. The maximum Gasteiger partial charge on any atom is 0.261 e. The van der Waals surface area contributed by atoms with Gasteiger partial charge in [-0.2, -0.15) is 0 Å². The molecule has 1 saturated carbocycles. The van der Waals surface area contributed by atoms with Crippen LogP contribution in [0.5, 0.6) is 5.75 Å². The normalized spacial score (nSPS) is 16.3. The van der Waals surface area contributed by atoms with Gasteiger partial charge in [0.2, 0.25) is 0 Å². The molecule has 0 bridgehead atoms. The predicted molar refractivity (Wildman–Crippen MR) is 65.6 cm³/mol. The lowest BCUT2D eigenvalue weighted by molar-refractivity contribution is -0.128. The minimum atomic E-state index is -0.371. The maximum atomic E-state index is 11.9. The highest BCUT2D eigenvalue weighted by atomic mass is 16.5. The molecule has 4 nitrogen and oxygen atoms in total.